The summed E-state index contributed by atoms with van der Waals surface area (Å²) in [7, 11) is 0. The zero-order valence-corrected chi connectivity index (χ0v) is 15.3. The first-order valence-electron chi connectivity index (χ1n) is 8.28. The van der Waals surface area contributed by atoms with Crippen LogP contribution in [0.2, 0.25) is 0 Å². The highest BCUT2D eigenvalue weighted by Crippen LogP contribution is 2.36. The van der Waals surface area contributed by atoms with Crippen molar-refractivity contribution in [2.45, 2.75) is 39.5 Å². The fourth-order valence-electron chi connectivity index (χ4n) is 2.36. The molecule has 2 aromatic heterocycles. The van der Waals surface area contributed by atoms with Gasteiger partial charge in [0, 0.05) is 12.0 Å². The van der Waals surface area contributed by atoms with Gasteiger partial charge in [-0.25, -0.2) is 4.98 Å². The molecular weight excluding hydrogens is 336 g/mol. The Morgan fingerprint density at radius 1 is 1.24 bits per heavy atom. The number of aromatic nitrogens is 3. The first-order chi connectivity index (χ1) is 12.1. The number of thiazole rings is 1. The topological polar surface area (TPSA) is 80.9 Å². The molecule has 0 aliphatic heterocycles. The van der Waals surface area contributed by atoms with E-state index in [1.165, 1.54) is 11.3 Å². The Bertz CT molecular complexity index is 855. The van der Waals surface area contributed by atoms with Gasteiger partial charge in [0.25, 0.3) is 5.89 Å². The molecule has 25 heavy (non-hydrogen) atoms. The van der Waals surface area contributed by atoms with Crippen LogP contribution in [0.3, 0.4) is 0 Å². The Hall–Kier alpha value is -2.54. The average molecular weight is 356 g/mol. The normalized spacial score (nSPS) is 11.0. The van der Waals surface area contributed by atoms with Gasteiger partial charge < -0.3 is 9.84 Å². The second-order valence-corrected chi connectivity index (χ2v) is 6.97. The summed E-state index contributed by atoms with van der Waals surface area (Å²) >= 11 is 1.36. The molecule has 0 radical (unpaired) electrons. The molecule has 0 bridgehead atoms. The highest BCUT2D eigenvalue weighted by molar-refractivity contribution is 7.19. The average Bonchev–Trinajstić information content (AvgIpc) is 3.22. The highest BCUT2D eigenvalue weighted by Gasteiger charge is 2.22. The van der Waals surface area contributed by atoms with E-state index >= 15 is 0 Å². The maximum atomic E-state index is 11.8. The highest BCUT2D eigenvalue weighted by atomic mass is 32.1. The van der Waals surface area contributed by atoms with E-state index in [-0.39, 0.29) is 11.8 Å². The number of amides is 1. The van der Waals surface area contributed by atoms with Gasteiger partial charge in [0.15, 0.2) is 5.13 Å². The number of anilines is 1. The number of hydrogen-bond donors (Lipinski definition) is 1. The third kappa shape index (κ3) is 3.93. The third-order valence-electron chi connectivity index (χ3n) is 3.58. The predicted octanol–water partition coefficient (Wildman–Crippen LogP) is 4.72. The minimum absolute atomic E-state index is 0.0337. The smallest absolute Gasteiger partial charge is 0.270 e. The molecule has 0 spiro atoms. The fraction of sp³-hybridized carbons (Fsp3) is 0.333. The molecule has 2 heterocycles. The molecule has 0 atom stereocenters. The van der Waals surface area contributed by atoms with Gasteiger partial charge in [-0.2, -0.15) is 4.98 Å². The zero-order valence-electron chi connectivity index (χ0n) is 14.4. The van der Waals surface area contributed by atoms with Gasteiger partial charge in [0.1, 0.15) is 4.88 Å². The lowest BCUT2D eigenvalue weighted by Gasteiger charge is -2.01. The van der Waals surface area contributed by atoms with Crippen molar-refractivity contribution >= 4 is 22.4 Å². The van der Waals surface area contributed by atoms with Crippen LogP contribution in [0.15, 0.2) is 34.9 Å². The van der Waals surface area contributed by atoms with Crippen molar-refractivity contribution < 1.29 is 9.32 Å². The third-order valence-corrected chi connectivity index (χ3v) is 4.55. The van der Waals surface area contributed by atoms with E-state index in [0.29, 0.717) is 23.3 Å². The molecule has 1 amide bonds. The lowest BCUT2D eigenvalue weighted by atomic mass is 10.1. The fourth-order valence-corrected chi connectivity index (χ4v) is 3.42. The minimum atomic E-state index is -0.0337. The van der Waals surface area contributed by atoms with Crippen LogP contribution in [0.25, 0.3) is 22.2 Å². The first-order valence-corrected chi connectivity index (χ1v) is 9.10. The molecule has 3 rings (SSSR count). The van der Waals surface area contributed by atoms with Crippen molar-refractivity contribution in [3.8, 4) is 22.2 Å². The predicted molar refractivity (Wildman–Crippen MR) is 98.5 cm³/mol. The number of hydrogen-bond acceptors (Lipinski definition) is 6. The summed E-state index contributed by atoms with van der Waals surface area (Å²) in [5.41, 5.74) is 1.74. The van der Waals surface area contributed by atoms with Crippen LogP contribution >= 0.6 is 11.3 Å². The minimum Gasteiger partial charge on any atom is -0.333 e. The Balaban J connectivity index is 1.92. The molecule has 0 saturated carbocycles. The quantitative estimate of drug-likeness (QED) is 0.691. The second-order valence-electron chi connectivity index (χ2n) is 5.98. The lowest BCUT2D eigenvalue weighted by molar-refractivity contribution is -0.116. The SMILES string of the molecule is CCCC(=O)Nc1nc(C(C)C)c(-c2nc(-c3ccccc3)no2)s1. The van der Waals surface area contributed by atoms with Crippen LogP contribution < -0.4 is 5.32 Å². The number of nitrogens with zero attached hydrogens (tertiary/aromatic N) is 3. The van der Waals surface area contributed by atoms with Gasteiger partial charge in [-0.15, -0.1) is 0 Å². The molecule has 0 unspecified atom stereocenters. The van der Waals surface area contributed by atoms with Crippen LogP contribution in [0.1, 0.15) is 45.2 Å². The molecule has 7 heteroatoms. The van der Waals surface area contributed by atoms with Crippen LogP contribution in [0.5, 0.6) is 0 Å². The maximum Gasteiger partial charge on any atom is 0.270 e. The molecule has 3 aromatic rings. The van der Waals surface area contributed by atoms with E-state index in [0.717, 1.165) is 22.6 Å². The first kappa shape index (κ1) is 17.3. The molecule has 0 saturated heterocycles. The monoisotopic (exact) mass is 356 g/mol. The summed E-state index contributed by atoms with van der Waals surface area (Å²) < 4.78 is 5.46. The second kappa shape index (κ2) is 7.57. The van der Waals surface area contributed by atoms with Crippen LogP contribution in [-0.2, 0) is 4.79 Å². The van der Waals surface area contributed by atoms with Crippen molar-refractivity contribution in [1.29, 1.82) is 0 Å². The van der Waals surface area contributed by atoms with E-state index in [1.807, 2.05) is 51.1 Å². The Morgan fingerprint density at radius 2 is 2.00 bits per heavy atom. The number of nitrogens with one attached hydrogen (secondary N) is 1. The van der Waals surface area contributed by atoms with Crippen molar-refractivity contribution in [1.82, 2.24) is 15.1 Å². The van der Waals surface area contributed by atoms with Crippen LogP contribution in [0.4, 0.5) is 5.13 Å². The largest absolute Gasteiger partial charge is 0.333 e. The summed E-state index contributed by atoms with van der Waals surface area (Å²) in [5, 5.41) is 7.48. The van der Waals surface area contributed by atoms with Crippen LogP contribution in [0, 0.1) is 0 Å². The van der Waals surface area contributed by atoms with E-state index in [1.54, 1.807) is 0 Å². The molecule has 1 aromatic carbocycles. The molecule has 130 valence electrons. The number of carbonyl (C=O) groups is 1. The Kier molecular flexibility index (Phi) is 5.23. The van der Waals surface area contributed by atoms with Crippen molar-refractivity contribution in [2.75, 3.05) is 5.32 Å². The van der Waals surface area contributed by atoms with E-state index in [2.05, 4.69) is 20.4 Å². The zero-order chi connectivity index (χ0) is 17.8. The Morgan fingerprint density at radius 3 is 2.68 bits per heavy atom. The lowest BCUT2D eigenvalue weighted by Crippen LogP contribution is -2.10. The molecule has 1 N–H and O–H groups in total. The van der Waals surface area contributed by atoms with E-state index < -0.39 is 0 Å². The number of benzene rings is 1. The van der Waals surface area contributed by atoms with E-state index in [4.69, 9.17) is 4.52 Å². The maximum absolute atomic E-state index is 11.8. The van der Waals surface area contributed by atoms with Gasteiger partial charge in [-0.3, -0.25) is 4.79 Å². The number of rotatable bonds is 6. The molecule has 0 aliphatic rings. The van der Waals surface area contributed by atoms with Crippen LogP contribution in [-0.4, -0.2) is 21.0 Å². The summed E-state index contributed by atoms with van der Waals surface area (Å²) in [6.07, 6.45) is 1.27. The summed E-state index contributed by atoms with van der Waals surface area (Å²) in [6.45, 7) is 6.06. The van der Waals surface area contributed by atoms with Crippen molar-refractivity contribution in [2.24, 2.45) is 0 Å². The van der Waals surface area contributed by atoms with Gasteiger partial charge in [0.2, 0.25) is 11.7 Å². The summed E-state index contributed by atoms with van der Waals surface area (Å²) in [6, 6.07) is 9.66. The van der Waals surface area contributed by atoms with Crippen molar-refractivity contribution in [3.05, 3.63) is 36.0 Å². The van der Waals surface area contributed by atoms with Gasteiger partial charge >= 0.3 is 0 Å². The Labute approximate surface area is 150 Å². The molecule has 0 fully saturated rings. The van der Waals surface area contributed by atoms with E-state index in [9.17, 15) is 4.79 Å². The summed E-state index contributed by atoms with van der Waals surface area (Å²) in [5.74, 6) is 1.11. The molecule has 6 nitrogen and oxygen atoms in total. The van der Waals surface area contributed by atoms with Gasteiger partial charge in [-0.1, -0.05) is 67.6 Å². The van der Waals surface area contributed by atoms with Gasteiger partial charge in [-0.05, 0) is 12.3 Å². The molecular formula is C18H20N4O2S. The molecule has 0 aliphatic carbocycles. The standard InChI is InChI=1S/C18H20N4O2S/c1-4-8-13(23)19-18-20-14(11(2)3)15(25-18)17-21-16(22-24-17)12-9-6-5-7-10-12/h5-7,9-11H,4,8H2,1-3H3,(H,19,20,23). The summed E-state index contributed by atoms with van der Waals surface area (Å²) in [4.78, 5) is 21.7. The van der Waals surface area contributed by atoms with Gasteiger partial charge in [0.05, 0.1) is 5.69 Å². The van der Waals surface area contributed by atoms with Crippen molar-refractivity contribution in [3.63, 3.8) is 0 Å². The number of carbonyl (C=O) groups excluding carboxylic acids is 1.